The van der Waals surface area contributed by atoms with Crippen LogP contribution in [-0.2, 0) is 9.59 Å². The first-order valence-corrected chi connectivity index (χ1v) is 7.50. The van der Waals surface area contributed by atoms with Crippen molar-refractivity contribution in [2.45, 2.75) is 20.3 Å². The Kier molecular flexibility index (Phi) is 4.60. The van der Waals surface area contributed by atoms with Gasteiger partial charge < -0.3 is 4.90 Å². The number of Topliss-reactive ketones (excluding diaryl/α,β-unsaturated/α-hetero) is 1. The van der Waals surface area contributed by atoms with Crippen molar-refractivity contribution in [1.29, 1.82) is 0 Å². The van der Waals surface area contributed by atoms with Gasteiger partial charge in [-0.1, -0.05) is 23.9 Å². The molecule has 1 heterocycles. The van der Waals surface area contributed by atoms with Crippen LogP contribution in [0.5, 0.6) is 0 Å². The summed E-state index contributed by atoms with van der Waals surface area (Å²) in [5, 5.41) is 0.0782. The van der Waals surface area contributed by atoms with Crippen LogP contribution in [0, 0.1) is 5.92 Å². The monoisotopic (exact) mass is 291 g/mol. The molecular weight excluding hydrogens is 274 g/mol. The average molecular weight is 291 g/mol. The number of nitrogens with zero attached hydrogens (tertiary/aromatic N) is 1. The van der Waals surface area contributed by atoms with Gasteiger partial charge in [0.15, 0.2) is 10.9 Å². The standard InChI is InChI=1S/C15H17NO3S/c1-10(17)13-4-3-5-14(7-13)16-8-12(6-15(16)19)9-20-11(2)18/h3-5,7,12H,6,8-9H2,1-2H3. The van der Waals surface area contributed by atoms with Crippen molar-refractivity contribution in [3.05, 3.63) is 29.8 Å². The highest BCUT2D eigenvalue weighted by molar-refractivity contribution is 8.13. The maximum atomic E-state index is 12.1. The third-order valence-corrected chi connectivity index (χ3v) is 4.34. The van der Waals surface area contributed by atoms with Crippen molar-refractivity contribution in [3.63, 3.8) is 0 Å². The number of anilines is 1. The molecule has 0 spiro atoms. The number of benzene rings is 1. The van der Waals surface area contributed by atoms with E-state index in [-0.39, 0.29) is 22.7 Å². The summed E-state index contributed by atoms with van der Waals surface area (Å²) in [5.74, 6) is 0.906. The smallest absolute Gasteiger partial charge is 0.227 e. The fourth-order valence-electron chi connectivity index (χ4n) is 2.27. The molecular formula is C15H17NO3S. The lowest BCUT2D eigenvalue weighted by atomic mass is 10.1. The first-order valence-electron chi connectivity index (χ1n) is 6.52. The molecule has 0 N–H and O–H groups in total. The van der Waals surface area contributed by atoms with Gasteiger partial charge in [-0.25, -0.2) is 0 Å². The molecule has 0 aromatic heterocycles. The Hall–Kier alpha value is -1.62. The van der Waals surface area contributed by atoms with E-state index in [0.29, 0.717) is 24.3 Å². The molecule has 1 saturated heterocycles. The third-order valence-electron chi connectivity index (χ3n) is 3.29. The maximum absolute atomic E-state index is 12.1. The van der Waals surface area contributed by atoms with E-state index in [2.05, 4.69) is 0 Å². The summed E-state index contributed by atoms with van der Waals surface area (Å²) in [4.78, 5) is 36.1. The van der Waals surface area contributed by atoms with Gasteiger partial charge in [0.2, 0.25) is 5.91 Å². The molecule has 2 rings (SSSR count). The summed E-state index contributed by atoms with van der Waals surface area (Å²) in [6, 6.07) is 7.12. The van der Waals surface area contributed by atoms with Crippen LogP contribution in [0.3, 0.4) is 0 Å². The number of carbonyl (C=O) groups is 3. The van der Waals surface area contributed by atoms with Crippen molar-refractivity contribution in [1.82, 2.24) is 0 Å². The summed E-state index contributed by atoms with van der Waals surface area (Å²) in [7, 11) is 0. The molecule has 0 aliphatic carbocycles. The highest BCUT2D eigenvalue weighted by Gasteiger charge is 2.30. The first-order chi connectivity index (χ1) is 9.47. The van der Waals surface area contributed by atoms with Crippen LogP contribution in [0.2, 0.25) is 0 Å². The van der Waals surface area contributed by atoms with Gasteiger partial charge in [0.1, 0.15) is 0 Å². The van der Waals surface area contributed by atoms with E-state index in [1.54, 1.807) is 23.1 Å². The summed E-state index contributed by atoms with van der Waals surface area (Å²) < 4.78 is 0. The van der Waals surface area contributed by atoms with Gasteiger partial charge in [0.25, 0.3) is 0 Å². The Labute approximate surface area is 122 Å². The molecule has 1 amide bonds. The lowest BCUT2D eigenvalue weighted by molar-refractivity contribution is -0.117. The van der Waals surface area contributed by atoms with E-state index in [1.807, 2.05) is 6.07 Å². The molecule has 0 radical (unpaired) electrons. The Morgan fingerprint density at radius 1 is 1.35 bits per heavy atom. The number of carbonyl (C=O) groups excluding carboxylic acids is 3. The van der Waals surface area contributed by atoms with E-state index in [4.69, 9.17) is 0 Å². The molecule has 1 aliphatic heterocycles. The lowest BCUT2D eigenvalue weighted by Gasteiger charge is -2.17. The highest BCUT2D eigenvalue weighted by atomic mass is 32.2. The van der Waals surface area contributed by atoms with Crippen LogP contribution in [-0.4, -0.2) is 29.1 Å². The van der Waals surface area contributed by atoms with Crippen LogP contribution in [0.1, 0.15) is 30.6 Å². The summed E-state index contributed by atoms with van der Waals surface area (Å²) >= 11 is 1.26. The molecule has 0 saturated carbocycles. The topological polar surface area (TPSA) is 54.5 Å². The molecule has 1 aromatic rings. The zero-order valence-electron chi connectivity index (χ0n) is 11.6. The maximum Gasteiger partial charge on any atom is 0.227 e. The molecule has 5 heteroatoms. The molecule has 106 valence electrons. The zero-order valence-corrected chi connectivity index (χ0v) is 12.4. The molecule has 4 nitrogen and oxygen atoms in total. The van der Waals surface area contributed by atoms with Crippen molar-refractivity contribution in [3.8, 4) is 0 Å². The molecule has 1 unspecified atom stereocenters. The third kappa shape index (κ3) is 3.48. The Morgan fingerprint density at radius 2 is 2.10 bits per heavy atom. The van der Waals surface area contributed by atoms with Gasteiger partial charge in [-0.2, -0.15) is 0 Å². The summed E-state index contributed by atoms with van der Waals surface area (Å²) in [6.07, 6.45) is 0.463. The van der Waals surface area contributed by atoms with Gasteiger partial charge in [0, 0.05) is 36.9 Å². The van der Waals surface area contributed by atoms with Crippen LogP contribution in [0.4, 0.5) is 5.69 Å². The second kappa shape index (κ2) is 6.22. The average Bonchev–Trinajstić information content (AvgIpc) is 2.78. The van der Waals surface area contributed by atoms with Gasteiger partial charge in [-0.3, -0.25) is 14.4 Å². The second-order valence-corrected chi connectivity index (χ2v) is 6.18. The van der Waals surface area contributed by atoms with Crippen molar-refractivity contribution < 1.29 is 14.4 Å². The minimum absolute atomic E-state index is 0.0119. The predicted octanol–water partition coefficient (Wildman–Crippen LogP) is 2.52. The molecule has 1 atom stereocenters. The van der Waals surface area contributed by atoms with Crippen molar-refractivity contribution in [2.24, 2.45) is 5.92 Å². The van der Waals surface area contributed by atoms with Crippen LogP contribution in [0.15, 0.2) is 24.3 Å². The summed E-state index contributed by atoms with van der Waals surface area (Å²) in [5.41, 5.74) is 1.37. The molecule has 0 bridgehead atoms. The molecule has 1 aliphatic rings. The van der Waals surface area contributed by atoms with E-state index < -0.39 is 0 Å². The quantitative estimate of drug-likeness (QED) is 0.800. The number of amides is 1. The Balaban J connectivity index is 2.09. The molecule has 20 heavy (non-hydrogen) atoms. The van der Waals surface area contributed by atoms with Crippen molar-refractivity contribution >= 4 is 34.3 Å². The van der Waals surface area contributed by atoms with Gasteiger partial charge >= 0.3 is 0 Å². The van der Waals surface area contributed by atoms with Gasteiger partial charge in [-0.05, 0) is 25.0 Å². The molecule has 1 fully saturated rings. The Morgan fingerprint density at radius 3 is 2.75 bits per heavy atom. The van der Waals surface area contributed by atoms with Crippen molar-refractivity contribution in [2.75, 3.05) is 17.2 Å². The SMILES string of the molecule is CC(=O)SCC1CC(=O)N(c2cccc(C(C)=O)c2)C1. The van der Waals surface area contributed by atoms with Crippen LogP contribution in [0.25, 0.3) is 0 Å². The number of thioether (sulfide) groups is 1. The molecule has 1 aromatic carbocycles. The van der Waals surface area contributed by atoms with Gasteiger partial charge in [0.05, 0.1) is 0 Å². The van der Waals surface area contributed by atoms with E-state index >= 15 is 0 Å². The number of hydrogen-bond acceptors (Lipinski definition) is 4. The van der Waals surface area contributed by atoms with E-state index in [0.717, 1.165) is 5.69 Å². The van der Waals surface area contributed by atoms with Crippen LogP contribution < -0.4 is 4.90 Å². The van der Waals surface area contributed by atoms with E-state index in [9.17, 15) is 14.4 Å². The number of hydrogen-bond donors (Lipinski definition) is 0. The highest BCUT2D eigenvalue weighted by Crippen LogP contribution is 2.28. The zero-order chi connectivity index (χ0) is 14.7. The van der Waals surface area contributed by atoms with Crippen LogP contribution >= 0.6 is 11.8 Å². The minimum Gasteiger partial charge on any atom is -0.312 e. The fourth-order valence-corrected chi connectivity index (χ4v) is 2.96. The number of rotatable bonds is 4. The lowest BCUT2D eigenvalue weighted by Crippen LogP contribution is -2.24. The van der Waals surface area contributed by atoms with Gasteiger partial charge in [-0.15, -0.1) is 0 Å². The first kappa shape index (κ1) is 14.8. The fraction of sp³-hybridized carbons (Fsp3) is 0.400. The number of ketones is 1. The largest absolute Gasteiger partial charge is 0.312 e. The summed E-state index contributed by atoms with van der Waals surface area (Å²) in [6.45, 7) is 3.66. The van der Waals surface area contributed by atoms with E-state index in [1.165, 1.54) is 25.6 Å². The minimum atomic E-state index is -0.0119. The Bertz CT molecular complexity index is 556. The normalized spacial score (nSPS) is 18.4. The second-order valence-electron chi connectivity index (χ2n) is 4.98. The predicted molar refractivity (Wildman–Crippen MR) is 80.0 cm³/mol.